The Bertz CT molecular complexity index is 1040. The minimum absolute atomic E-state index is 0.0209. The fourth-order valence-corrected chi connectivity index (χ4v) is 4.47. The quantitative estimate of drug-likeness (QED) is 0.702. The summed E-state index contributed by atoms with van der Waals surface area (Å²) in [6.45, 7) is 3.69. The molecule has 0 saturated carbocycles. The fourth-order valence-electron chi connectivity index (χ4n) is 3.27. The van der Waals surface area contributed by atoms with Gasteiger partial charge in [0.25, 0.3) is 0 Å². The van der Waals surface area contributed by atoms with Gasteiger partial charge in [0.05, 0.1) is 24.1 Å². The Morgan fingerprint density at radius 1 is 1.13 bits per heavy atom. The van der Waals surface area contributed by atoms with Crippen molar-refractivity contribution >= 4 is 27.5 Å². The van der Waals surface area contributed by atoms with E-state index in [2.05, 4.69) is 10.0 Å². The van der Waals surface area contributed by atoms with E-state index < -0.39 is 22.2 Å². The molecule has 1 saturated heterocycles. The molecule has 1 fully saturated rings. The van der Waals surface area contributed by atoms with Gasteiger partial charge in [0.15, 0.2) is 0 Å². The molecule has 2 N–H and O–H groups in total. The Balaban J connectivity index is 1.64. The molecule has 2 amide bonds. The van der Waals surface area contributed by atoms with Crippen LogP contribution in [0.15, 0.2) is 53.4 Å². The second kappa shape index (κ2) is 9.54. The lowest BCUT2D eigenvalue weighted by molar-refractivity contribution is -0.140. The largest absolute Gasteiger partial charge is 0.370 e. The van der Waals surface area contributed by atoms with Gasteiger partial charge in [-0.1, -0.05) is 12.1 Å². The third kappa shape index (κ3) is 5.87. The maximum Gasteiger partial charge on any atom is 0.241 e. The van der Waals surface area contributed by atoms with Gasteiger partial charge in [0.1, 0.15) is 11.9 Å². The highest BCUT2D eigenvalue weighted by Gasteiger charge is 2.30. The minimum Gasteiger partial charge on any atom is -0.370 e. The molecular formula is C21H24FN3O5S. The van der Waals surface area contributed by atoms with Crippen LogP contribution in [0.3, 0.4) is 0 Å². The first-order chi connectivity index (χ1) is 14.7. The Hall–Kier alpha value is -2.82. The zero-order chi connectivity index (χ0) is 22.6. The molecule has 0 spiro atoms. The van der Waals surface area contributed by atoms with E-state index in [1.807, 2.05) is 0 Å². The molecule has 0 radical (unpaired) electrons. The number of benzene rings is 2. The predicted molar refractivity (Wildman–Crippen MR) is 112 cm³/mol. The monoisotopic (exact) mass is 449 g/mol. The van der Waals surface area contributed by atoms with E-state index in [-0.39, 0.29) is 35.7 Å². The van der Waals surface area contributed by atoms with Crippen molar-refractivity contribution < 1.29 is 27.1 Å². The van der Waals surface area contributed by atoms with Crippen LogP contribution >= 0.6 is 0 Å². The maximum absolute atomic E-state index is 13.2. The van der Waals surface area contributed by atoms with Gasteiger partial charge in [0, 0.05) is 19.2 Å². The Kier molecular flexibility index (Phi) is 7.04. The molecule has 0 aliphatic carbocycles. The molecule has 2 aromatic carbocycles. The number of hydrogen-bond donors (Lipinski definition) is 2. The molecule has 0 bridgehead atoms. The van der Waals surface area contributed by atoms with Gasteiger partial charge < -0.3 is 15.0 Å². The smallest absolute Gasteiger partial charge is 0.241 e. The lowest BCUT2D eigenvalue weighted by Crippen LogP contribution is -2.51. The Labute approximate surface area is 180 Å². The van der Waals surface area contributed by atoms with E-state index in [0.717, 1.165) is 5.56 Å². The number of nitrogens with one attached hydrogen (secondary N) is 2. The number of anilines is 1. The summed E-state index contributed by atoms with van der Waals surface area (Å²) >= 11 is 0. The van der Waals surface area contributed by atoms with Gasteiger partial charge in [-0.25, -0.2) is 12.8 Å². The van der Waals surface area contributed by atoms with Crippen molar-refractivity contribution in [1.82, 2.24) is 9.62 Å². The topological polar surface area (TPSA) is 105 Å². The number of carbonyl (C=O) groups is 2. The average molecular weight is 450 g/mol. The minimum atomic E-state index is -3.94. The summed E-state index contributed by atoms with van der Waals surface area (Å²) in [7, 11) is -3.94. The fraction of sp³-hybridized carbons (Fsp3) is 0.333. The van der Waals surface area contributed by atoms with Crippen LogP contribution in [-0.2, 0) is 24.3 Å². The van der Waals surface area contributed by atoms with Crippen molar-refractivity contribution in [2.75, 3.05) is 25.0 Å². The van der Waals surface area contributed by atoms with E-state index in [9.17, 15) is 22.4 Å². The van der Waals surface area contributed by atoms with Crippen LogP contribution in [-0.4, -0.2) is 50.9 Å². The molecule has 3 rings (SSSR count). The molecule has 2 aromatic rings. The van der Waals surface area contributed by atoms with Crippen LogP contribution in [0.5, 0.6) is 0 Å². The van der Waals surface area contributed by atoms with Crippen molar-refractivity contribution in [2.24, 2.45) is 0 Å². The molecule has 1 unspecified atom stereocenters. The number of ether oxygens (including phenoxy) is 1. The highest BCUT2D eigenvalue weighted by atomic mass is 32.2. The molecule has 0 aromatic heterocycles. The number of halogens is 1. The van der Waals surface area contributed by atoms with Gasteiger partial charge in [-0.15, -0.1) is 0 Å². The summed E-state index contributed by atoms with van der Waals surface area (Å²) in [5, 5.41) is 2.56. The van der Waals surface area contributed by atoms with Gasteiger partial charge in [-0.2, -0.15) is 4.72 Å². The first-order valence-corrected chi connectivity index (χ1v) is 11.2. The predicted octanol–water partition coefficient (Wildman–Crippen LogP) is 2.05. The SMILES string of the molecule is CC(=O)Nc1ccc(S(=O)(=O)N[C@@H](C)C(=O)N2CCOC(c3ccc(F)cc3)C2)cc1. The lowest BCUT2D eigenvalue weighted by Gasteiger charge is -2.34. The van der Waals surface area contributed by atoms with Crippen molar-refractivity contribution in [1.29, 1.82) is 0 Å². The van der Waals surface area contributed by atoms with E-state index in [1.165, 1.54) is 55.1 Å². The summed E-state index contributed by atoms with van der Waals surface area (Å²) in [5.74, 6) is -1.01. The van der Waals surface area contributed by atoms with Crippen molar-refractivity contribution in [2.45, 2.75) is 30.9 Å². The first-order valence-electron chi connectivity index (χ1n) is 9.71. The normalized spacial score (nSPS) is 17.8. The van der Waals surface area contributed by atoms with Crippen LogP contribution in [0.25, 0.3) is 0 Å². The molecule has 31 heavy (non-hydrogen) atoms. The summed E-state index contributed by atoms with van der Waals surface area (Å²) in [4.78, 5) is 25.4. The van der Waals surface area contributed by atoms with Crippen LogP contribution < -0.4 is 10.0 Å². The maximum atomic E-state index is 13.2. The van der Waals surface area contributed by atoms with Gasteiger partial charge in [0.2, 0.25) is 21.8 Å². The van der Waals surface area contributed by atoms with Crippen molar-refractivity contribution in [3.63, 3.8) is 0 Å². The number of morpholine rings is 1. The molecule has 166 valence electrons. The third-order valence-corrected chi connectivity index (χ3v) is 6.36. The lowest BCUT2D eigenvalue weighted by atomic mass is 10.1. The summed E-state index contributed by atoms with van der Waals surface area (Å²) < 4.78 is 46.5. The van der Waals surface area contributed by atoms with Crippen molar-refractivity contribution in [3.8, 4) is 0 Å². The molecule has 1 aliphatic rings. The van der Waals surface area contributed by atoms with E-state index in [4.69, 9.17) is 4.74 Å². The molecular weight excluding hydrogens is 425 g/mol. The summed E-state index contributed by atoms with van der Waals surface area (Å²) in [5.41, 5.74) is 1.21. The Morgan fingerprint density at radius 2 is 1.77 bits per heavy atom. The standard InChI is InChI=1S/C21H24FN3O5S/c1-14(24-31(28,29)19-9-7-18(8-10-19)23-15(2)26)21(27)25-11-12-30-20(13-25)16-3-5-17(22)6-4-16/h3-10,14,20,24H,11-13H2,1-2H3,(H,23,26)/t14-,20?/m0/s1. The number of nitrogens with zero attached hydrogens (tertiary/aromatic N) is 1. The highest BCUT2D eigenvalue weighted by molar-refractivity contribution is 7.89. The summed E-state index contributed by atoms with van der Waals surface area (Å²) in [6.07, 6.45) is -0.413. The highest BCUT2D eigenvalue weighted by Crippen LogP contribution is 2.23. The van der Waals surface area contributed by atoms with Crippen LogP contribution in [0.4, 0.5) is 10.1 Å². The molecule has 8 nitrogen and oxygen atoms in total. The summed E-state index contributed by atoms with van der Waals surface area (Å²) in [6, 6.07) is 10.5. The number of rotatable bonds is 6. The molecule has 2 atom stereocenters. The van der Waals surface area contributed by atoms with Gasteiger partial charge in [-0.3, -0.25) is 9.59 Å². The van der Waals surface area contributed by atoms with E-state index >= 15 is 0 Å². The number of hydrogen-bond acceptors (Lipinski definition) is 5. The zero-order valence-electron chi connectivity index (χ0n) is 17.2. The molecule has 1 aliphatic heterocycles. The third-order valence-electron chi connectivity index (χ3n) is 4.81. The zero-order valence-corrected chi connectivity index (χ0v) is 18.0. The van der Waals surface area contributed by atoms with Crippen molar-refractivity contribution in [3.05, 3.63) is 59.9 Å². The van der Waals surface area contributed by atoms with Gasteiger partial charge in [-0.05, 0) is 48.9 Å². The Morgan fingerprint density at radius 3 is 2.39 bits per heavy atom. The van der Waals surface area contributed by atoms with Gasteiger partial charge >= 0.3 is 0 Å². The van der Waals surface area contributed by atoms with Crippen LogP contribution in [0.2, 0.25) is 0 Å². The van der Waals surface area contributed by atoms with Crippen LogP contribution in [0.1, 0.15) is 25.5 Å². The second-order valence-corrected chi connectivity index (χ2v) is 8.96. The second-order valence-electron chi connectivity index (χ2n) is 7.24. The van der Waals surface area contributed by atoms with E-state index in [1.54, 1.807) is 12.1 Å². The number of amides is 2. The number of sulfonamides is 1. The molecule has 10 heteroatoms. The number of carbonyl (C=O) groups excluding carboxylic acids is 2. The molecule has 1 heterocycles. The average Bonchev–Trinajstić information content (AvgIpc) is 2.73. The van der Waals surface area contributed by atoms with Crippen LogP contribution in [0, 0.1) is 5.82 Å². The first kappa shape index (κ1) is 22.9. The van der Waals surface area contributed by atoms with E-state index in [0.29, 0.717) is 12.2 Å².